The molecular weight excluding hydrogens is 292 g/mol. The molecule has 4 heteroatoms. The Morgan fingerprint density at radius 1 is 1.13 bits per heavy atom. The van der Waals surface area contributed by atoms with E-state index in [4.69, 9.17) is 9.47 Å². The van der Waals surface area contributed by atoms with Crippen LogP contribution in [-0.2, 0) is 16.1 Å². The van der Waals surface area contributed by atoms with E-state index in [-0.39, 0.29) is 0 Å². The molecule has 0 aliphatic carbocycles. The van der Waals surface area contributed by atoms with Crippen LogP contribution in [0.25, 0.3) is 6.08 Å². The lowest BCUT2D eigenvalue weighted by atomic mass is 10.1. The predicted octanol–water partition coefficient (Wildman–Crippen LogP) is 3.77. The Labute approximate surface area is 136 Å². The van der Waals surface area contributed by atoms with Gasteiger partial charge in [-0.2, -0.15) is 0 Å². The molecule has 0 bridgehead atoms. The zero-order chi connectivity index (χ0) is 16.7. The van der Waals surface area contributed by atoms with Crippen LogP contribution in [0.2, 0.25) is 0 Å². The van der Waals surface area contributed by atoms with Crippen LogP contribution in [0, 0.1) is 6.92 Å². The van der Waals surface area contributed by atoms with Crippen LogP contribution < -0.4 is 9.47 Å². The first-order chi connectivity index (χ1) is 11.1. The van der Waals surface area contributed by atoms with Crippen LogP contribution in [0.4, 0.5) is 0 Å². The van der Waals surface area contributed by atoms with Crippen LogP contribution in [0.5, 0.6) is 11.5 Å². The van der Waals surface area contributed by atoms with E-state index in [1.165, 1.54) is 13.2 Å². The Balaban J connectivity index is 2.29. The van der Waals surface area contributed by atoms with Gasteiger partial charge in [0.15, 0.2) is 0 Å². The summed E-state index contributed by atoms with van der Waals surface area (Å²) < 4.78 is 15.9. The summed E-state index contributed by atoms with van der Waals surface area (Å²) in [5.74, 6) is 0.959. The Morgan fingerprint density at radius 3 is 2.52 bits per heavy atom. The van der Waals surface area contributed by atoms with Gasteiger partial charge in [-0.25, -0.2) is 4.79 Å². The summed E-state index contributed by atoms with van der Waals surface area (Å²) in [4.78, 5) is 11.3. The second-order valence-electron chi connectivity index (χ2n) is 4.99. The smallest absolute Gasteiger partial charge is 0.330 e. The fourth-order valence-corrected chi connectivity index (χ4v) is 2.14. The van der Waals surface area contributed by atoms with Gasteiger partial charge in [-0.15, -0.1) is 0 Å². The van der Waals surface area contributed by atoms with Gasteiger partial charge < -0.3 is 14.2 Å². The summed E-state index contributed by atoms with van der Waals surface area (Å²) in [6, 6.07) is 13.6. The highest BCUT2D eigenvalue weighted by Crippen LogP contribution is 2.30. The number of rotatable bonds is 6. The number of hydrogen-bond donors (Lipinski definition) is 0. The first-order valence-corrected chi connectivity index (χ1v) is 7.25. The van der Waals surface area contributed by atoms with E-state index >= 15 is 0 Å². The van der Waals surface area contributed by atoms with Crippen molar-refractivity contribution in [3.05, 3.63) is 65.2 Å². The molecule has 0 radical (unpaired) electrons. The molecule has 0 fully saturated rings. The average molecular weight is 312 g/mol. The molecule has 120 valence electrons. The lowest BCUT2D eigenvalue weighted by Gasteiger charge is -2.13. The Hall–Kier alpha value is -2.75. The molecule has 0 heterocycles. The van der Waals surface area contributed by atoms with Crippen molar-refractivity contribution in [3.8, 4) is 11.5 Å². The number of carbonyl (C=O) groups excluding carboxylic acids is 1. The molecule has 0 aromatic heterocycles. The molecule has 4 nitrogen and oxygen atoms in total. The van der Waals surface area contributed by atoms with Crippen molar-refractivity contribution in [3.63, 3.8) is 0 Å². The zero-order valence-electron chi connectivity index (χ0n) is 13.5. The summed E-state index contributed by atoms with van der Waals surface area (Å²) >= 11 is 0. The molecule has 2 aromatic rings. The Bertz CT molecular complexity index is 690. The third-order valence-electron chi connectivity index (χ3n) is 3.38. The normalized spacial score (nSPS) is 10.6. The number of carbonyl (C=O) groups is 1. The van der Waals surface area contributed by atoms with Gasteiger partial charge in [-0.05, 0) is 30.2 Å². The van der Waals surface area contributed by atoms with Crippen LogP contribution in [0.15, 0.2) is 48.5 Å². The van der Waals surface area contributed by atoms with Crippen LogP contribution in [-0.4, -0.2) is 20.2 Å². The van der Waals surface area contributed by atoms with Crippen molar-refractivity contribution < 1.29 is 19.0 Å². The topological polar surface area (TPSA) is 44.8 Å². The second kappa shape index (κ2) is 8.03. The summed E-state index contributed by atoms with van der Waals surface area (Å²) in [5.41, 5.74) is 2.84. The quantitative estimate of drug-likeness (QED) is 0.601. The number of benzene rings is 2. The van der Waals surface area contributed by atoms with Gasteiger partial charge in [0.2, 0.25) is 0 Å². The van der Waals surface area contributed by atoms with Crippen molar-refractivity contribution in [1.29, 1.82) is 0 Å². The molecule has 0 spiro atoms. The van der Waals surface area contributed by atoms with Gasteiger partial charge in [-0.1, -0.05) is 30.3 Å². The highest BCUT2D eigenvalue weighted by molar-refractivity contribution is 5.88. The monoisotopic (exact) mass is 312 g/mol. The Kier molecular flexibility index (Phi) is 5.80. The fraction of sp³-hybridized carbons (Fsp3) is 0.211. The van der Waals surface area contributed by atoms with Gasteiger partial charge in [0.25, 0.3) is 0 Å². The van der Waals surface area contributed by atoms with E-state index in [0.29, 0.717) is 18.1 Å². The van der Waals surface area contributed by atoms with Crippen molar-refractivity contribution in [2.45, 2.75) is 13.5 Å². The van der Waals surface area contributed by atoms with Gasteiger partial charge >= 0.3 is 5.97 Å². The number of methoxy groups -OCH3 is 2. The molecule has 0 amide bonds. The first-order valence-electron chi connectivity index (χ1n) is 7.25. The van der Waals surface area contributed by atoms with Crippen molar-refractivity contribution in [1.82, 2.24) is 0 Å². The summed E-state index contributed by atoms with van der Waals surface area (Å²) in [5, 5.41) is 0. The lowest BCUT2D eigenvalue weighted by Crippen LogP contribution is -2.00. The number of aryl methyl sites for hydroxylation is 1. The second-order valence-corrected chi connectivity index (χ2v) is 4.99. The number of esters is 1. The van der Waals surface area contributed by atoms with Crippen LogP contribution in [0.1, 0.15) is 16.7 Å². The van der Waals surface area contributed by atoms with Gasteiger partial charge in [0.1, 0.15) is 18.1 Å². The standard InChI is InChI=1S/C19H20O4/c1-14-11-16(21-2)12-18(17(14)9-10-19(20)22-3)23-13-15-7-5-4-6-8-15/h4-12H,13H2,1-3H3/b10-9+. The number of hydrogen-bond acceptors (Lipinski definition) is 4. The third kappa shape index (κ3) is 4.61. The van der Waals surface area contributed by atoms with Crippen molar-refractivity contribution in [2.24, 2.45) is 0 Å². The van der Waals surface area contributed by atoms with Crippen molar-refractivity contribution in [2.75, 3.05) is 14.2 Å². The predicted molar refractivity (Wildman–Crippen MR) is 89.6 cm³/mol. The maximum absolute atomic E-state index is 11.3. The van der Waals surface area contributed by atoms with E-state index < -0.39 is 5.97 Å². The molecule has 0 saturated carbocycles. The summed E-state index contributed by atoms with van der Waals surface area (Å²) in [7, 11) is 2.96. The van der Waals surface area contributed by atoms with E-state index in [2.05, 4.69) is 4.74 Å². The molecule has 0 unspecified atom stereocenters. The van der Waals surface area contributed by atoms with E-state index in [1.807, 2.05) is 49.4 Å². The lowest BCUT2D eigenvalue weighted by molar-refractivity contribution is -0.134. The zero-order valence-corrected chi connectivity index (χ0v) is 13.5. The molecule has 2 rings (SSSR count). The first kappa shape index (κ1) is 16.6. The largest absolute Gasteiger partial charge is 0.497 e. The SMILES string of the molecule is COC(=O)/C=C/c1c(C)cc(OC)cc1OCc1ccccc1. The molecule has 2 aromatic carbocycles. The molecule has 0 aliphatic rings. The molecule has 0 N–H and O–H groups in total. The fourth-order valence-electron chi connectivity index (χ4n) is 2.14. The summed E-state index contributed by atoms with van der Waals surface area (Å²) in [6.45, 7) is 2.38. The van der Waals surface area contributed by atoms with E-state index in [0.717, 1.165) is 16.7 Å². The average Bonchev–Trinajstić information content (AvgIpc) is 2.59. The molecule has 0 atom stereocenters. The van der Waals surface area contributed by atoms with Gasteiger partial charge in [0.05, 0.1) is 14.2 Å². The number of ether oxygens (including phenoxy) is 3. The van der Waals surface area contributed by atoms with Crippen LogP contribution >= 0.6 is 0 Å². The van der Waals surface area contributed by atoms with E-state index in [9.17, 15) is 4.79 Å². The summed E-state index contributed by atoms with van der Waals surface area (Å²) in [6.07, 6.45) is 3.07. The minimum Gasteiger partial charge on any atom is -0.497 e. The minimum absolute atomic E-state index is 0.408. The maximum Gasteiger partial charge on any atom is 0.330 e. The van der Waals surface area contributed by atoms with Crippen molar-refractivity contribution >= 4 is 12.0 Å². The minimum atomic E-state index is -0.408. The highest BCUT2D eigenvalue weighted by atomic mass is 16.5. The Morgan fingerprint density at radius 2 is 1.87 bits per heavy atom. The molecule has 0 saturated heterocycles. The molecular formula is C19H20O4. The molecule has 23 heavy (non-hydrogen) atoms. The van der Waals surface area contributed by atoms with Gasteiger partial charge in [-0.3, -0.25) is 0 Å². The van der Waals surface area contributed by atoms with E-state index in [1.54, 1.807) is 13.2 Å². The third-order valence-corrected chi connectivity index (χ3v) is 3.38. The highest BCUT2D eigenvalue weighted by Gasteiger charge is 2.09. The van der Waals surface area contributed by atoms with Gasteiger partial charge in [0, 0.05) is 17.7 Å². The molecule has 0 aliphatic heterocycles. The van der Waals surface area contributed by atoms with Crippen LogP contribution in [0.3, 0.4) is 0 Å². The maximum atomic E-state index is 11.3.